The molecule has 0 amide bonds. The van der Waals surface area contributed by atoms with Crippen LogP contribution in [-0.4, -0.2) is 29.4 Å². The highest BCUT2D eigenvalue weighted by atomic mass is 35.5. The molecule has 1 fully saturated rings. The zero-order chi connectivity index (χ0) is 12.3. The summed E-state index contributed by atoms with van der Waals surface area (Å²) < 4.78 is 98.8. The van der Waals surface area contributed by atoms with Crippen LogP contribution in [0.2, 0.25) is 0 Å². The van der Waals surface area contributed by atoms with E-state index in [2.05, 4.69) is 16.3 Å². The lowest BCUT2D eigenvalue weighted by molar-refractivity contribution is -0.510. The van der Waals surface area contributed by atoms with Crippen LogP contribution < -0.4 is 0 Å². The standard InChI is InChI=1S/C5HClF8O/c6-1-2(4(9,10)11,5(12,13)14)15-3(1,7)8/h1H. The van der Waals surface area contributed by atoms with Crippen LogP contribution in [0.4, 0.5) is 35.1 Å². The van der Waals surface area contributed by atoms with Gasteiger partial charge >= 0.3 is 18.5 Å². The predicted octanol–water partition coefficient (Wildman–Crippen LogP) is 3.08. The van der Waals surface area contributed by atoms with Crippen LogP contribution in [0.5, 0.6) is 0 Å². The first-order chi connectivity index (χ1) is 6.36. The fraction of sp³-hybridized carbons (Fsp3) is 1.00. The molecular weight excluding hydrogens is 263 g/mol. The van der Waals surface area contributed by atoms with E-state index in [0.717, 1.165) is 0 Å². The lowest BCUT2D eigenvalue weighted by atomic mass is 9.90. The highest BCUT2D eigenvalue weighted by Gasteiger charge is 2.89. The van der Waals surface area contributed by atoms with E-state index in [-0.39, 0.29) is 0 Å². The summed E-state index contributed by atoms with van der Waals surface area (Å²) in [6.45, 7) is 0. The van der Waals surface area contributed by atoms with Crippen molar-refractivity contribution in [3.63, 3.8) is 0 Å². The lowest BCUT2D eigenvalue weighted by Gasteiger charge is -2.51. The average molecular weight is 264 g/mol. The van der Waals surface area contributed by atoms with Crippen molar-refractivity contribution in [1.82, 2.24) is 0 Å². The molecule has 0 aromatic heterocycles. The largest absolute Gasteiger partial charge is 0.428 e. The first-order valence-corrected chi connectivity index (χ1v) is 3.65. The maximum atomic E-state index is 12.1. The molecule has 1 aliphatic heterocycles. The molecular formula is C5HClF8O. The Bertz CT molecular complexity index is 253. The second kappa shape index (κ2) is 2.88. The summed E-state index contributed by atoms with van der Waals surface area (Å²) >= 11 is 4.42. The van der Waals surface area contributed by atoms with Crippen molar-refractivity contribution in [2.24, 2.45) is 0 Å². The number of rotatable bonds is 0. The molecule has 1 rings (SSSR count). The summed E-state index contributed by atoms with van der Waals surface area (Å²) in [4.78, 5) is 0. The molecule has 1 aliphatic rings. The molecule has 90 valence electrons. The monoisotopic (exact) mass is 264 g/mol. The van der Waals surface area contributed by atoms with Crippen LogP contribution in [0.25, 0.3) is 0 Å². The van der Waals surface area contributed by atoms with Crippen molar-refractivity contribution < 1.29 is 39.9 Å². The first-order valence-electron chi connectivity index (χ1n) is 3.22. The molecule has 0 bridgehead atoms. The summed E-state index contributed by atoms with van der Waals surface area (Å²) in [6, 6.07) is 0. The average Bonchev–Trinajstić information content (AvgIpc) is 1.94. The third kappa shape index (κ3) is 1.47. The molecule has 1 unspecified atom stereocenters. The molecule has 15 heavy (non-hydrogen) atoms. The van der Waals surface area contributed by atoms with Crippen molar-refractivity contribution in [3.8, 4) is 0 Å². The third-order valence-electron chi connectivity index (χ3n) is 1.79. The molecule has 1 nitrogen and oxygen atoms in total. The van der Waals surface area contributed by atoms with Gasteiger partial charge in [-0.05, 0) is 0 Å². The van der Waals surface area contributed by atoms with Gasteiger partial charge in [0.15, 0.2) is 5.38 Å². The van der Waals surface area contributed by atoms with Crippen molar-refractivity contribution in [2.75, 3.05) is 0 Å². The number of ether oxygens (including phenoxy) is 1. The van der Waals surface area contributed by atoms with Gasteiger partial charge in [0.1, 0.15) is 0 Å². The second-order valence-corrected chi connectivity index (χ2v) is 3.19. The van der Waals surface area contributed by atoms with Gasteiger partial charge < -0.3 is 0 Å². The molecule has 0 aromatic rings. The van der Waals surface area contributed by atoms with Crippen LogP contribution in [0.1, 0.15) is 0 Å². The molecule has 1 heterocycles. The first kappa shape index (κ1) is 12.8. The van der Waals surface area contributed by atoms with Gasteiger partial charge in [-0.25, -0.2) is 0 Å². The van der Waals surface area contributed by atoms with E-state index in [0.29, 0.717) is 0 Å². The molecule has 10 heteroatoms. The van der Waals surface area contributed by atoms with Gasteiger partial charge in [0.05, 0.1) is 0 Å². The van der Waals surface area contributed by atoms with Crippen molar-refractivity contribution in [3.05, 3.63) is 0 Å². The topological polar surface area (TPSA) is 9.23 Å². The second-order valence-electron chi connectivity index (χ2n) is 2.76. The SMILES string of the molecule is FC1(F)OC(C(F)(F)F)(C(F)(F)F)C1Cl. The normalized spacial score (nSPS) is 29.8. The van der Waals surface area contributed by atoms with E-state index in [9.17, 15) is 35.1 Å². The van der Waals surface area contributed by atoms with Gasteiger partial charge in [-0.3, -0.25) is 4.74 Å². The van der Waals surface area contributed by atoms with E-state index in [1.165, 1.54) is 0 Å². The Labute approximate surface area is 81.9 Å². The van der Waals surface area contributed by atoms with Gasteiger partial charge in [-0.15, -0.1) is 11.6 Å². The van der Waals surface area contributed by atoms with Crippen LogP contribution in [0, 0.1) is 0 Å². The van der Waals surface area contributed by atoms with Crippen LogP contribution in [0.3, 0.4) is 0 Å². The summed E-state index contributed by atoms with van der Waals surface area (Å²) in [5.74, 6) is 0. The lowest BCUT2D eigenvalue weighted by Crippen LogP contribution is -2.78. The number of hydrogen-bond acceptors (Lipinski definition) is 1. The highest BCUT2D eigenvalue weighted by molar-refractivity contribution is 6.22. The smallest absolute Gasteiger partial charge is 0.292 e. The molecule has 0 saturated carbocycles. The Morgan fingerprint density at radius 1 is 0.933 bits per heavy atom. The molecule has 1 saturated heterocycles. The van der Waals surface area contributed by atoms with Gasteiger partial charge in [-0.2, -0.15) is 35.1 Å². The number of halogens is 9. The van der Waals surface area contributed by atoms with E-state index >= 15 is 0 Å². The van der Waals surface area contributed by atoms with E-state index in [4.69, 9.17) is 0 Å². The number of hydrogen-bond donors (Lipinski definition) is 0. The van der Waals surface area contributed by atoms with Crippen molar-refractivity contribution >= 4 is 11.6 Å². The predicted molar refractivity (Wildman–Crippen MR) is 30.5 cm³/mol. The Morgan fingerprint density at radius 3 is 1.33 bits per heavy atom. The van der Waals surface area contributed by atoms with Crippen LogP contribution in [0.15, 0.2) is 0 Å². The third-order valence-corrected chi connectivity index (χ3v) is 2.35. The summed E-state index contributed by atoms with van der Waals surface area (Å²) in [5, 5.41) is -3.52. The quantitative estimate of drug-likeness (QED) is 0.483. The van der Waals surface area contributed by atoms with Crippen LogP contribution >= 0.6 is 11.6 Å². The minimum atomic E-state index is -6.06. The molecule has 0 aromatic carbocycles. The Balaban J connectivity index is 3.16. The maximum Gasteiger partial charge on any atom is 0.428 e. The zero-order valence-corrected chi connectivity index (χ0v) is 7.14. The van der Waals surface area contributed by atoms with Crippen LogP contribution in [-0.2, 0) is 4.74 Å². The van der Waals surface area contributed by atoms with Crippen molar-refractivity contribution in [1.29, 1.82) is 0 Å². The molecule has 0 N–H and O–H groups in total. The molecule has 1 atom stereocenters. The van der Waals surface area contributed by atoms with Gasteiger partial charge in [-0.1, -0.05) is 0 Å². The Morgan fingerprint density at radius 2 is 1.27 bits per heavy atom. The maximum absolute atomic E-state index is 12.1. The molecule has 0 aliphatic carbocycles. The molecule has 0 radical (unpaired) electrons. The summed E-state index contributed by atoms with van der Waals surface area (Å²) in [6.07, 6.45) is -16.8. The number of alkyl halides is 9. The van der Waals surface area contributed by atoms with Gasteiger partial charge in [0, 0.05) is 0 Å². The van der Waals surface area contributed by atoms with E-state index < -0.39 is 29.4 Å². The van der Waals surface area contributed by atoms with E-state index in [1.807, 2.05) is 0 Å². The van der Waals surface area contributed by atoms with Crippen molar-refractivity contribution in [2.45, 2.75) is 29.4 Å². The van der Waals surface area contributed by atoms with E-state index in [1.54, 1.807) is 0 Å². The Hall–Kier alpha value is -0.310. The fourth-order valence-corrected chi connectivity index (χ4v) is 1.40. The molecule has 0 spiro atoms. The fourth-order valence-electron chi connectivity index (χ4n) is 1.06. The Kier molecular flexibility index (Phi) is 2.45. The summed E-state index contributed by atoms with van der Waals surface area (Å²) in [7, 11) is 0. The minimum absolute atomic E-state index is 2.64. The van der Waals surface area contributed by atoms with Gasteiger partial charge in [0.2, 0.25) is 0 Å². The van der Waals surface area contributed by atoms with Gasteiger partial charge in [0.25, 0.3) is 5.60 Å². The highest BCUT2D eigenvalue weighted by Crippen LogP contribution is 2.61. The summed E-state index contributed by atoms with van der Waals surface area (Å²) in [5.41, 5.74) is -4.99. The minimum Gasteiger partial charge on any atom is -0.292 e. The zero-order valence-electron chi connectivity index (χ0n) is 6.39.